The Morgan fingerprint density at radius 3 is 2.43 bits per heavy atom. The smallest absolute Gasteiger partial charge is 0.416 e. The fourth-order valence-electron chi connectivity index (χ4n) is 3.49. The fraction of sp³-hybridized carbons (Fsp3) is 0.316. The molecule has 2 aromatic rings. The van der Waals surface area contributed by atoms with Crippen LogP contribution in [0.5, 0.6) is 0 Å². The van der Waals surface area contributed by atoms with Gasteiger partial charge < -0.3 is 10.0 Å². The van der Waals surface area contributed by atoms with Gasteiger partial charge in [-0.05, 0) is 42.7 Å². The molecule has 0 aliphatic carbocycles. The lowest BCUT2D eigenvalue weighted by Crippen LogP contribution is -2.47. The van der Waals surface area contributed by atoms with E-state index in [-0.39, 0.29) is 36.6 Å². The summed E-state index contributed by atoms with van der Waals surface area (Å²) >= 11 is 5.78. The predicted octanol–water partition coefficient (Wildman–Crippen LogP) is 4.25. The Morgan fingerprint density at radius 1 is 1.25 bits per heavy atom. The zero-order valence-corrected chi connectivity index (χ0v) is 15.3. The number of aliphatic carboxylic acids is 1. The average Bonchev–Trinajstić information content (AvgIpc) is 2.67. The van der Waals surface area contributed by atoms with E-state index in [4.69, 9.17) is 11.6 Å². The highest BCUT2D eigenvalue weighted by Crippen LogP contribution is 2.39. The summed E-state index contributed by atoms with van der Waals surface area (Å²) in [5, 5.41) is 19.4. The largest absolute Gasteiger partial charge is 0.481 e. The quantitative estimate of drug-likeness (QED) is 0.767. The van der Waals surface area contributed by atoms with Crippen molar-refractivity contribution in [1.82, 2.24) is 4.98 Å². The van der Waals surface area contributed by atoms with E-state index < -0.39 is 23.1 Å². The molecule has 5 nitrogen and oxygen atoms in total. The molecule has 0 amide bonds. The summed E-state index contributed by atoms with van der Waals surface area (Å²) in [6.45, 7) is 0.546. The second-order valence-electron chi connectivity index (χ2n) is 6.59. The Kier molecular flexibility index (Phi) is 5.22. The average molecular weight is 410 g/mol. The first-order valence-electron chi connectivity index (χ1n) is 8.39. The van der Waals surface area contributed by atoms with E-state index in [1.54, 1.807) is 17.0 Å². The molecule has 0 unspecified atom stereocenters. The lowest BCUT2D eigenvalue weighted by molar-refractivity contribution is -0.145. The maximum Gasteiger partial charge on any atom is 0.416 e. The molecule has 0 radical (unpaired) electrons. The fourth-order valence-corrected chi connectivity index (χ4v) is 3.60. The zero-order chi connectivity index (χ0) is 20.5. The minimum absolute atomic E-state index is 0.0918. The number of carboxylic acids is 1. The highest BCUT2D eigenvalue weighted by Gasteiger charge is 2.44. The molecule has 1 saturated heterocycles. The van der Waals surface area contributed by atoms with Crippen LogP contribution in [0.4, 0.5) is 18.9 Å². The maximum atomic E-state index is 12.9. The third-order valence-corrected chi connectivity index (χ3v) is 5.31. The van der Waals surface area contributed by atoms with Crippen LogP contribution in [-0.2, 0) is 16.4 Å². The van der Waals surface area contributed by atoms with Crippen LogP contribution >= 0.6 is 11.6 Å². The van der Waals surface area contributed by atoms with Gasteiger partial charge in [-0.2, -0.15) is 18.4 Å². The van der Waals surface area contributed by atoms with Crippen molar-refractivity contribution in [1.29, 1.82) is 5.26 Å². The van der Waals surface area contributed by atoms with Crippen molar-refractivity contribution in [3.63, 3.8) is 0 Å². The van der Waals surface area contributed by atoms with E-state index in [0.29, 0.717) is 11.3 Å². The minimum Gasteiger partial charge on any atom is -0.481 e. The molecule has 2 heterocycles. The van der Waals surface area contributed by atoms with Gasteiger partial charge in [-0.1, -0.05) is 17.7 Å². The number of benzene rings is 1. The van der Waals surface area contributed by atoms with Gasteiger partial charge >= 0.3 is 12.1 Å². The van der Waals surface area contributed by atoms with E-state index in [2.05, 4.69) is 4.98 Å². The number of piperidine rings is 1. The number of hydrogen-bond acceptors (Lipinski definition) is 4. The van der Waals surface area contributed by atoms with E-state index >= 15 is 0 Å². The van der Waals surface area contributed by atoms with Crippen LogP contribution in [0.1, 0.15) is 29.5 Å². The molecule has 1 aliphatic heterocycles. The summed E-state index contributed by atoms with van der Waals surface area (Å²) in [6.07, 6.45) is -2.66. The molecule has 1 N–H and O–H groups in total. The summed E-state index contributed by atoms with van der Waals surface area (Å²) in [5.74, 6) is -0.996. The summed E-state index contributed by atoms with van der Waals surface area (Å²) in [7, 11) is 0. The van der Waals surface area contributed by atoms with Crippen molar-refractivity contribution in [2.24, 2.45) is 0 Å². The lowest BCUT2D eigenvalue weighted by atomic mass is 9.73. The van der Waals surface area contributed by atoms with Gasteiger partial charge in [0, 0.05) is 19.3 Å². The van der Waals surface area contributed by atoms with Gasteiger partial charge in [-0.3, -0.25) is 4.79 Å². The number of nitrogens with zero attached hydrogens (tertiary/aromatic N) is 3. The van der Waals surface area contributed by atoms with Crippen molar-refractivity contribution < 1.29 is 23.1 Å². The van der Waals surface area contributed by atoms with E-state index in [1.165, 1.54) is 18.3 Å². The molecular weight excluding hydrogens is 395 g/mol. The molecular formula is C19H15ClF3N3O2. The summed E-state index contributed by atoms with van der Waals surface area (Å²) in [6, 6.07) is 7.96. The highest BCUT2D eigenvalue weighted by atomic mass is 35.5. The van der Waals surface area contributed by atoms with Gasteiger partial charge in [-0.25, -0.2) is 4.98 Å². The Morgan fingerprint density at radius 2 is 1.93 bits per heavy atom. The first-order chi connectivity index (χ1) is 13.2. The second-order valence-corrected chi connectivity index (χ2v) is 6.97. The van der Waals surface area contributed by atoms with Gasteiger partial charge in [0.1, 0.15) is 11.2 Å². The molecule has 0 bridgehead atoms. The number of hydrogen-bond donors (Lipinski definition) is 1. The van der Waals surface area contributed by atoms with Gasteiger partial charge in [0.2, 0.25) is 0 Å². The molecule has 9 heteroatoms. The molecule has 1 aromatic carbocycles. The van der Waals surface area contributed by atoms with Crippen LogP contribution < -0.4 is 4.90 Å². The first kappa shape index (κ1) is 20.0. The van der Waals surface area contributed by atoms with Crippen molar-refractivity contribution in [3.05, 3.63) is 58.4 Å². The number of rotatable bonds is 3. The number of carboxylic acid groups (broad SMARTS) is 1. The molecule has 3 rings (SSSR count). The SMILES string of the molecule is N#Cc1cc(C(F)(F)F)ccc1N1CCC(C(=O)O)(c2ccc(Cl)nc2)CC1. The molecule has 28 heavy (non-hydrogen) atoms. The monoisotopic (exact) mass is 409 g/mol. The minimum atomic E-state index is -4.54. The molecule has 0 spiro atoms. The molecule has 1 aliphatic rings. The van der Waals surface area contributed by atoms with E-state index in [0.717, 1.165) is 12.1 Å². The van der Waals surface area contributed by atoms with Gasteiger partial charge in [0.25, 0.3) is 0 Å². The Bertz CT molecular complexity index is 931. The van der Waals surface area contributed by atoms with Crippen LogP contribution in [0.25, 0.3) is 0 Å². The standard InChI is InChI=1S/C19H15ClF3N3O2/c20-16-4-2-14(11-25-16)18(17(27)28)5-7-26(8-6-18)15-3-1-13(19(21,22)23)9-12(15)10-24/h1-4,9,11H,5-8H2,(H,27,28). The Balaban J connectivity index is 1.87. The number of aromatic nitrogens is 1. The van der Waals surface area contributed by atoms with E-state index in [9.17, 15) is 28.3 Å². The zero-order valence-electron chi connectivity index (χ0n) is 14.5. The summed E-state index contributed by atoms with van der Waals surface area (Å²) in [5.41, 5.74) is -1.25. The molecule has 1 fully saturated rings. The first-order valence-corrected chi connectivity index (χ1v) is 8.77. The third kappa shape index (κ3) is 3.62. The molecule has 0 atom stereocenters. The summed E-state index contributed by atoms with van der Waals surface area (Å²) < 4.78 is 38.6. The van der Waals surface area contributed by atoms with Gasteiger partial charge in [0.05, 0.1) is 22.2 Å². The lowest BCUT2D eigenvalue weighted by Gasteiger charge is -2.40. The number of nitriles is 1. The van der Waals surface area contributed by atoms with Crippen LogP contribution in [-0.4, -0.2) is 29.1 Å². The Labute approximate surface area is 164 Å². The van der Waals surface area contributed by atoms with Crippen LogP contribution in [0.3, 0.4) is 0 Å². The van der Waals surface area contributed by atoms with Crippen molar-refractivity contribution >= 4 is 23.3 Å². The third-order valence-electron chi connectivity index (χ3n) is 5.09. The topological polar surface area (TPSA) is 77.2 Å². The van der Waals surface area contributed by atoms with Crippen molar-refractivity contribution in [2.75, 3.05) is 18.0 Å². The van der Waals surface area contributed by atoms with Crippen LogP contribution in [0.2, 0.25) is 5.15 Å². The van der Waals surface area contributed by atoms with Crippen LogP contribution in [0.15, 0.2) is 36.5 Å². The number of pyridine rings is 1. The number of alkyl halides is 3. The molecule has 0 saturated carbocycles. The number of carbonyl (C=O) groups is 1. The maximum absolute atomic E-state index is 12.9. The van der Waals surface area contributed by atoms with Crippen LogP contribution in [0, 0.1) is 11.3 Å². The van der Waals surface area contributed by atoms with E-state index in [1.807, 2.05) is 0 Å². The second kappa shape index (κ2) is 7.32. The Hall–Kier alpha value is -2.79. The molecule has 1 aromatic heterocycles. The van der Waals surface area contributed by atoms with Gasteiger partial charge in [0.15, 0.2) is 0 Å². The summed E-state index contributed by atoms with van der Waals surface area (Å²) in [4.78, 5) is 17.7. The number of halogens is 4. The van der Waals surface area contributed by atoms with Crippen molar-refractivity contribution in [3.8, 4) is 6.07 Å². The predicted molar refractivity (Wildman–Crippen MR) is 96.2 cm³/mol. The molecule has 146 valence electrons. The highest BCUT2D eigenvalue weighted by molar-refractivity contribution is 6.29. The normalized spacial score (nSPS) is 16.5. The van der Waals surface area contributed by atoms with Crippen molar-refractivity contribution in [2.45, 2.75) is 24.4 Å². The number of anilines is 1. The van der Waals surface area contributed by atoms with Gasteiger partial charge in [-0.15, -0.1) is 0 Å².